The van der Waals surface area contributed by atoms with E-state index in [1.54, 1.807) is 0 Å². The maximum absolute atomic E-state index is 9.26. The lowest BCUT2D eigenvalue weighted by atomic mass is 9.51. The Morgan fingerprint density at radius 2 is 2.70 bits per heavy atom. The largest absolute Gasteiger partial charge is 0.394 e. The van der Waals surface area contributed by atoms with Crippen molar-refractivity contribution in [1.82, 2.24) is 0 Å². The van der Waals surface area contributed by atoms with E-state index in [1.807, 2.05) is 0 Å². The molecule has 0 aromatic carbocycles. The molecule has 10 heavy (non-hydrogen) atoms. The van der Waals surface area contributed by atoms with Gasteiger partial charge in [-0.25, -0.2) is 0 Å². The van der Waals surface area contributed by atoms with E-state index < -0.39 is 12.2 Å². The molecule has 0 saturated carbocycles. The van der Waals surface area contributed by atoms with Gasteiger partial charge in [-0.15, -0.1) is 0 Å². The SMILES string of the molecule is [2H]OC[C@H]1O[C@@H]([B][B])CC1O. The summed E-state index contributed by atoms with van der Waals surface area (Å²) in [5, 5.41) is 13.4. The molecule has 1 unspecified atom stereocenters. The number of hydrogen-bond acceptors (Lipinski definition) is 3. The lowest BCUT2D eigenvalue weighted by Gasteiger charge is -2.09. The van der Waals surface area contributed by atoms with Crippen LogP contribution in [0, 0.1) is 0 Å². The van der Waals surface area contributed by atoms with E-state index in [1.165, 1.54) is 7.17 Å². The van der Waals surface area contributed by atoms with Crippen molar-refractivity contribution >= 4 is 14.9 Å². The molecule has 1 rings (SSSR count). The molecule has 2 N–H and O–H groups in total. The molecule has 3 radical (unpaired) electrons. The van der Waals surface area contributed by atoms with Crippen molar-refractivity contribution in [3.05, 3.63) is 0 Å². The second-order valence-corrected chi connectivity index (χ2v) is 2.38. The molecule has 3 atom stereocenters. The Morgan fingerprint density at radius 3 is 3.20 bits per heavy atom. The highest BCUT2D eigenvalue weighted by Crippen LogP contribution is 2.18. The molecular weight excluding hydrogens is 130 g/mol. The number of hydrogen-bond donors (Lipinski definition) is 2. The Balaban J connectivity index is 2.32. The van der Waals surface area contributed by atoms with E-state index in [0.29, 0.717) is 6.42 Å². The minimum Gasteiger partial charge on any atom is -0.394 e. The van der Waals surface area contributed by atoms with E-state index in [9.17, 15) is 5.11 Å². The molecule has 0 bridgehead atoms. The van der Waals surface area contributed by atoms with Gasteiger partial charge in [-0.2, -0.15) is 0 Å². The van der Waals surface area contributed by atoms with E-state index >= 15 is 0 Å². The van der Waals surface area contributed by atoms with Crippen LogP contribution in [-0.2, 0) is 4.74 Å². The predicted molar refractivity (Wildman–Crippen MR) is 37.9 cm³/mol. The summed E-state index contributed by atoms with van der Waals surface area (Å²) in [5.41, 5.74) is 0. The number of rotatable bonds is 3. The molecule has 0 amide bonds. The van der Waals surface area contributed by atoms with E-state index in [0.717, 1.165) is 0 Å². The Morgan fingerprint density at radius 1 is 1.90 bits per heavy atom. The third-order valence-electron chi connectivity index (χ3n) is 1.63. The molecule has 3 nitrogen and oxygen atoms in total. The zero-order valence-electron chi connectivity index (χ0n) is 6.56. The molecule has 0 aromatic rings. The average molecular weight is 140 g/mol. The van der Waals surface area contributed by atoms with Crippen LogP contribution in [-0.4, -0.2) is 51.4 Å². The van der Waals surface area contributed by atoms with Gasteiger partial charge in [-0.3, -0.25) is 0 Å². The molecule has 0 aromatic heterocycles. The van der Waals surface area contributed by atoms with Crippen molar-refractivity contribution in [1.29, 1.82) is 1.43 Å². The van der Waals surface area contributed by atoms with Gasteiger partial charge < -0.3 is 15.0 Å². The van der Waals surface area contributed by atoms with Gasteiger partial charge in [0.25, 0.3) is 0 Å². The second-order valence-electron chi connectivity index (χ2n) is 2.38. The standard InChI is InChI=1S/C5H9B2O3/c6-7-5-1-3(9)4(2-8)10-5/h3-5,8-9H,1-2H2/t3?,4-,5-/m1/s1/i8D. The van der Waals surface area contributed by atoms with Crippen LogP contribution in [0.2, 0.25) is 0 Å². The van der Waals surface area contributed by atoms with E-state index in [2.05, 4.69) is 5.11 Å². The van der Waals surface area contributed by atoms with Crippen LogP contribution >= 0.6 is 0 Å². The summed E-state index contributed by atoms with van der Waals surface area (Å²) >= 11 is 0. The third-order valence-corrected chi connectivity index (χ3v) is 1.63. The summed E-state index contributed by atoms with van der Waals surface area (Å²) in [7, 11) is 6.60. The average Bonchev–Trinajstić information content (AvgIpc) is 2.33. The van der Waals surface area contributed by atoms with Gasteiger partial charge in [0.05, 0.1) is 19.9 Å². The first-order valence-corrected chi connectivity index (χ1v) is 3.24. The van der Waals surface area contributed by atoms with Crippen LogP contribution in [0.4, 0.5) is 0 Å². The molecule has 0 aliphatic carbocycles. The highest BCUT2D eigenvalue weighted by atomic mass is 16.5. The summed E-state index contributed by atoms with van der Waals surface area (Å²) in [6.45, 7) is 0.0888. The van der Waals surface area contributed by atoms with Crippen LogP contribution in [0.5, 0.6) is 0 Å². The zero-order chi connectivity index (χ0) is 8.27. The fraction of sp³-hybridized carbons (Fsp3) is 1.00. The first-order valence-electron chi connectivity index (χ1n) is 3.65. The fourth-order valence-electron chi connectivity index (χ4n) is 1.03. The number of aliphatic hydroxyl groups is 2. The normalized spacial score (nSPS) is 41.3. The molecular formula is C5H9B2O3. The number of aliphatic hydroxyl groups excluding tert-OH is 2. The fourth-order valence-corrected chi connectivity index (χ4v) is 1.03. The Labute approximate surface area is 63.5 Å². The summed E-state index contributed by atoms with van der Waals surface area (Å²) in [4.78, 5) is 0. The van der Waals surface area contributed by atoms with Crippen molar-refractivity contribution in [2.75, 3.05) is 6.61 Å². The quantitative estimate of drug-likeness (QED) is 0.456. The smallest absolute Gasteiger partial charge is 0.210 e. The van der Waals surface area contributed by atoms with Gasteiger partial charge in [0.2, 0.25) is 1.43 Å². The van der Waals surface area contributed by atoms with E-state index in [-0.39, 0.29) is 12.6 Å². The lowest BCUT2D eigenvalue weighted by Crippen LogP contribution is -2.24. The predicted octanol–water partition coefficient (Wildman–Crippen LogP) is -1.76. The lowest BCUT2D eigenvalue weighted by molar-refractivity contribution is -0.00434. The van der Waals surface area contributed by atoms with Crippen LogP contribution in [0.25, 0.3) is 0 Å². The van der Waals surface area contributed by atoms with Crippen LogP contribution < -0.4 is 0 Å². The molecule has 0 spiro atoms. The van der Waals surface area contributed by atoms with Gasteiger partial charge >= 0.3 is 0 Å². The van der Waals surface area contributed by atoms with Crippen LogP contribution in [0.1, 0.15) is 6.42 Å². The second kappa shape index (κ2) is 3.42. The molecule has 1 heterocycles. The summed E-state index contributed by atoms with van der Waals surface area (Å²) in [6.07, 6.45) is -0.479. The summed E-state index contributed by atoms with van der Waals surface area (Å²) in [5.74, 6) is 0. The van der Waals surface area contributed by atoms with Gasteiger partial charge in [0, 0.05) is 13.7 Å². The Hall–Kier alpha value is 0.00987. The monoisotopic (exact) mass is 140 g/mol. The maximum atomic E-state index is 9.26. The van der Waals surface area contributed by atoms with Gasteiger partial charge in [-0.1, -0.05) is 0 Å². The molecule has 1 aliphatic rings. The Bertz CT molecular complexity index is 126. The van der Waals surface area contributed by atoms with Crippen molar-refractivity contribution in [2.24, 2.45) is 0 Å². The first kappa shape index (κ1) is 6.70. The third kappa shape index (κ3) is 1.54. The van der Waals surface area contributed by atoms with Crippen LogP contribution in [0.3, 0.4) is 0 Å². The van der Waals surface area contributed by atoms with Crippen molar-refractivity contribution in [2.45, 2.75) is 24.6 Å². The van der Waals surface area contributed by atoms with Crippen molar-refractivity contribution < 1.29 is 15.0 Å². The molecule has 5 heteroatoms. The summed E-state index contributed by atoms with van der Waals surface area (Å²) in [6, 6.07) is -0.204. The van der Waals surface area contributed by atoms with Gasteiger partial charge in [0.1, 0.15) is 6.10 Å². The maximum Gasteiger partial charge on any atom is 0.210 e. The minimum atomic E-state index is -0.565. The van der Waals surface area contributed by atoms with E-state index in [4.69, 9.17) is 13.9 Å². The first-order chi connectivity index (χ1) is 5.27. The van der Waals surface area contributed by atoms with Crippen molar-refractivity contribution in [3.8, 4) is 0 Å². The minimum absolute atomic E-state index is 0.0888. The summed E-state index contributed by atoms with van der Waals surface area (Å²) < 4.78 is 11.6. The zero-order valence-corrected chi connectivity index (χ0v) is 5.56. The molecule has 1 fully saturated rings. The number of ether oxygens (including phenoxy) is 1. The molecule has 53 valence electrons. The highest BCUT2D eigenvalue weighted by Gasteiger charge is 2.31. The molecule has 1 aliphatic heterocycles. The van der Waals surface area contributed by atoms with Crippen LogP contribution in [0.15, 0.2) is 0 Å². The van der Waals surface area contributed by atoms with Gasteiger partial charge in [0.15, 0.2) is 0 Å². The van der Waals surface area contributed by atoms with Gasteiger partial charge in [-0.05, 0) is 6.42 Å². The topological polar surface area (TPSA) is 49.7 Å². The Kier molecular flexibility index (Phi) is 2.29. The highest BCUT2D eigenvalue weighted by molar-refractivity contribution is 6.90. The molecule has 1 saturated heterocycles. The van der Waals surface area contributed by atoms with Crippen molar-refractivity contribution in [3.63, 3.8) is 0 Å².